The van der Waals surface area contributed by atoms with E-state index in [1.807, 2.05) is 7.05 Å². The first kappa shape index (κ1) is 22.4. The molecule has 2 unspecified atom stereocenters. The molecule has 27 heavy (non-hydrogen) atoms. The van der Waals surface area contributed by atoms with Crippen LogP contribution in [0.5, 0.6) is 0 Å². The van der Waals surface area contributed by atoms with Gasteiger partial charge in [0.1, 0.15) is 0 Å². The van der Waals surface area contributed by atoms with Gasteiger partial charge in [-0.25, -0.2) is 0 Å². The van der Waals surface area contributed by atoms with Crippen LogP contribution in [0, 0.1) is 0 Å². The summed E-state index contributed by atoms with van der Waals surface area (Å²) < 4.78 is 11.2. The Morgan fingerprint density at radius 3 is 2.59 bits per heavy atom. The number of rotatable bonds is 8. The first-order valence-corrected chi connectivity index (χ1v) is 10.6. The Morgan fingerprint density at radius 2 is 1.96 bits per heavy atom. The fraction of sp³-hybridized carbons (Fsp3) is 0.950. The van der Waals surface area contributed by atoms with Crippen molar-refractivity contribution in [1.29, 1.82) is 0 Å². The van der Waals surface area contributed by atoms with E-state index in [0.717, 1.165) is 71.3 Å². The quantitative estimate of drug-likeness (QED) is 0.484. The number of nitrogens with one attached hydrogen (secondary N) is 2. The largest absolute Gasteiger partial charge is 0.379 e. The Labute approximate surface area is 165 Å². The Kier molecular flexibility index (Phi) is 9.82. The van der Waals surface area contributed by atoms with Gasteiger partial charge < -0.3 is 25.0 Å². The molecule has 2 heterocycles. The summed E-state index contributed by atoms with van der Waals surface area (Å²) >= 11 is 0. The SMILES string of the molecule is CN=C(NCC(C)N1CCOCC1C)NC1CCN(CCOC(C)C)CC1. The van der Waals surface area contributed by atoms with Crippen LogP contribution in [0.25, 0.3) is 0 Å². The van der Waals surface area contributed by atoms with Crippen molar-refractivity contribution in [3.8, 4) is 0 Å². The number of morpholine rings is 1. The zero-order chi connectivity index (χ0) is 19.6. The monoisotopic (exact) mass is 383 g/mol. The van der Waals surface area contributed by atoms with E-state index in [2.05, 4.69) is 53.1 Å². The Morgan fingerprint density at radius 1 is 1.22 bits per heavy atom. The second kappa shape index (κ2) is 11.8. The van der Waals surface area contributed by atoms with Crippen molar-refractivity contribution in [3.05, 3.63) is 0 Å². The summed E-state index contributed by atoms with van der Waals surface area (Å²) in [5.41, 5.74) is 0. The molecule has 0 radical (unpaired) electrons. The van der Waals surface area contributed by atoms with E-state index in [1.165, 1.54) is 0 Å². The Bertz CT molecular complexity index is 438. The third-order valence-corrected chi connectivity index (χ3v) is 5.56. The van der Waals surface area contributed by atoms with Gasteiger partial charge in [-0.3, -0.25) is 9.89 Å². The van der Waals surface area contributed by atoms with Gasteiger partial charge in [0.2, 0.25) is 0 Å². The summed E-state index contributed by atoms with van der Waals surface area (Å²) in [6.07, 6.45) is 2.62. The molecule has 2 atom stereocenters. The minimum atomic E-state index is 0.321. The van der Waals surface area contributed by atoms with Gasteiger partial charge in [-0.2, -0.15) is 0 Å². The predicted octanol–water partition coefficient (Wildman–Crippen LogP) is 1.15. The normalized spacial score (nSPS) is 25.0. The highest BCUT2D eigenvalue weighted by Crippen LogP contribution is 2.11. The number of hydrogen-bond donors (Lipinski definition) is 2. The lowest BCUT2D eigenvalue weighted by molar-refractivity contribution is -0.0174. The second-order valence-corrected chi connectivity index (χ2v) is 8.14. The summed E-state index contributed by atoms with van der Waals surface area (Å²) in [6.45, 7) is 16.4. The van der Waals surface area contributed by atoms with Gasteiger partial charge in [-0.05, 0) is 40.5 Å². The molecule has 2 aliphatic heterocycles. The van der Waals surface area contributed by atoms with Crippen LogP contribution in [0.1, 0.15) is 40.5 Å². The molecule has 2 N–H and O–H groups in total. The number of aliphatic imine (C=N–C) groups is 1. The maximum absolute atomic E-state index is 5.67. The Balaban J connectivity index is 1.65. The molecule has 0 aliphatic carbocycles. The van der Waals surface area contributed by atoms with Crippen molar-refractivity contribution >= 4 is 5.96 Å². The number of likely N-dealkylation sites (tertiary alicyclic amines) is 1. The number of ether oxygens (including phenoxy) is 2. The summed E-state index contributed by atoms with van der Waals surface area (Å²) in [6, 6.07) is 1.44. The van der Waals surface area contributed by atoms with Gasteiger partial charge in [-0.15, -0.1) is 0 Å². The number of nitrogens with zero attached hydrogens (tertiary/aromatic N) is 3. The van der Waals surface area contributed by atoms with E-state index >= 15 is 0 Å². The minimum absolute atomic E-state index is 0.321. The number of guanidine groups is 1. The fourth-order valence-electron chi connectivity index (χ4n) is 3.86. The van der Waals surface area contributed by atoms with Crippen LogP contribution in [-0.2, 0) is 9.47 Å². The third kappa shape index (κ3) is 7.94. The molecule has 0 spiro atoms. The summed E-state index contributed by atoms with van der Waals surface area (Å²) in [7, 11) is 1.86. The van der Waals surface area contributed by atoms with Crippen LogP contribution in [-0.4, -0.2) is 99.6 Å². The van der Waals surface area contributed by atoms with E-state index in [0.29, 0.717) is 24.2 Å². The predicted molar refractivity (Wildman–Crippen MR) is 111 cm³/mol. The fourth-order valence-corrected chi connectivity index (χ4v) is 3.86. The zero-order valence-corrected chi connectivity index (χ0v) is 18.0. The molecule has 0 aromatic heterocycles. The average molecular weight is 384 g/mol. The minimum Gasteiger partial charge on any atom is -0.379 e. The van der Waals surface area contributed by atoms with Gasteiger partial charge in [-0.1, -0.05) is 0 Å². The summed E-state index contributed by atoms with van der Waals surface area (Å²) in [4.78, 5) is 9.44. The van der Waals surface area contributed by atoms with E-state index < -0.39 is 0 Å². The molecule has 2 rings (SSSR count). The lowest BCUT2D eigenvalue weighted by Gasteiger charge is -2.38. The molecule has 7 heteroatoms. The molecule has 2 fully saturated rings. The smallest absolute Gasteiger partial charge is 0.191 e. The highest BCUT2D eigenvalue weighted by molar-refractivity contribution is 5.80. The molecule has 158 valence electrons. The Hall–Kier alpha value is -0.890. The molecule has 7 nitrogen and oxygen atoms in total. The van der Waals surface area contributed by atoms with Gasteiger partial charge in [0.15, 0.2) is 5.96 Å². The average Bonchev–Trinajstić information content (AvgIpc) is 2.66. The molecule has 0 aromatic rings. The van der Waals surface area contributed by atoms with E-state index in [-0.39, 0.29) is 0 Å². The van der Waals surface area contributed by atoms with Crippen LogP contribution >= 0.6 is 0 Å². The zero-order valence-electron chi connectivity index (χ0n) is 18.0. The number of hydrogen-bond acceptors (Lipinski definition) is 5. The van der Waals surface area contributed by atoms with Crippen molar-refractivity contribution in [2.75, 3.05) is 59.6 Å². The lowest BCUT2D eigenvalue weighted by atomic mass is 10.1. The molecule has 0 saturated carbocycles. The first-order valence-electron chi connectivity index (χ1n) is 10.6. The standard InChI is InChI=1S/C20H41N5O2/c1-16(2)27-13-10-24-8-6-19(7-9-24)23-20(21-5)22-14-17(3)25-11-12-26-15-18(25)4/h16-19H,6-15H2,1-5H3,(H2,21,22,23). The molecular weight excluding hydrogens is 342 g/mol. The van der Waals surface area contributed by atoms with Crippen molar-refractivity contribution in [3.63, 3.8) is 0 Å². The van der Waals surface area contributed by atoms with Crippen LogP contribution in [0.15, 0.2) is 4.99 Å². The highest BCUT2D eigenvalue weighted by atomic mass is 16.5. The van der Waals surface area contributed by atoms with E-state index in [4.69, 9.17) is 9.47 Å². The molecular formula is C20H41N5O2. The van der Waals surface area contributed by atoms with Crippen LogP contribution in [0.3, 0.4) is 0 Å². The van der Waals surface area contributed by atoms with E-state index in [9.17, 15) is 0 Å². The molecule has 0 bridgehead atoms. The van der Waals surface area contributed by atoms with Crippen LogP contribution in [0.4, 0.5) is 0 Å². The van der Waals surface area contributed by atoms with Gasteiger partial charge in [0, 0.05) is 57.9 Å². The molecule has 2 aliphatic rings. The molecule has 0 aromatic carbocycles. The molecule has 0 amide bonds. The lowest BCUT2D eigenvalue weighted by Crippen LogP contribution is -2.54. The van der Waals surface area contributed by atoms with Crippen LogP contribution < -0.4 is 10.6 Å². The maximum Gasteiger partial charge on any atom is 0.191 e. The first-order chi connectivity index (χ1) is 13.0. The van der Waals surface area contributed by atoms with Gasteiger partial charge in [0.05, 0.1) is 25.9 Å². The maximum atomic E-state index is 5.67. The molecule has 2 saturated heterocycles. The van der Waals surface area contributed by atoms with E-state index in [1.54, 1.807) is 0 Å². The van der Waals surface area contributed by atoms with Gasteiger partial charge in [0.25, 0.3) is 0 Å². The topological polar surface area (TPSA) is 61.4 Å². The van der Waals surface area contributed by atoms with Crippen molar-refractivity contribution in [2.45, 2.75) is 64.8 Å². The summed E-state index contributed by atoms with van der Waals surface area (Å²) in [5.74, 6) is 0.921. The third-order valence-electron chi connectivity index (χ3n) is 5.56. The van der Waals surface area contributed by atoms with Crippen molar-refractivity contribution < 1.29 is 9.47 Å². The summed E-state index contributed by atoms with van der Waals surface area (Å²) in [5, 5.41) is 7.12. The number of piperidine rings is 1. The highest BCUT2D eigenvalue weighted by Gasteiger charge is 2.24. The van der Waals surface area contributed by atoms with Crippen molar-refractivity contribution in [2.24, 2.45) is 4.99 Å². The van der Waals surface area contributed by atoms with Gasteiger partial charge >= 0.3 is 0 Å². The van der Waals surface area contributed by atoms with Crippen molar-refractivity contribution in [1.82, 2.24) is 20.4 Å². The second-order valence-electron chi connectivity index (χ2n) is 8.14. The van der Waals surface area contributed by atoms with Crippen LogP contribution in [0.2, 0.25) is 0 Å².